The van der Waals surface area contributed by atoms with Gasteiger partial charge in [-0.1, -0.05) is 32.9 Å². The summed E-state index contributed by atoms with van der Waals surface area (Å²) in [5.41, 5.74) is 0.378. The number of hydrogen-bond acceptors (Lipinski definition) is 5. The summed E-state index contributed by atoms with van der Waals surface area (Å²) in [5, 5.41) is 2.89. The molecule has 1 aromatic carbocycles. The van der Waals surface area contributed by atoms with Crippen LogP contribution < -0.4 is 11.0 Å². The number of nitrogens with one attached hydrogen (secondary N) is 1. The fourth-order valence-electron chi connectivity index (χ4n) is 4.64. The normalized spacial score (nSPS) is 18.6. The molecule has 3 heterocycles. The highest BCUT2D eigenvalue weighted by molar-refractivity contribution is 5.93. The minimum Gasteiger partial charge on any atom is -0.379 e. The number of carbonyl (C=O) groups excluding carboxylic acids is 2. The van der Waals surface area contributed by atoms with E-state index in [0.29, 0.717) is 50.4 Å². The Morgan fingerprint density at radius 1 is 1.00 bits per heavy atom. The van der Waals surface area contributed by atoms with Gasteiger partial charge >= 0.3 is 11.7 Å². The van der Waals surface area contributed by atoms with Gasteiger partial charge < -0.3 is 15.0 Å². The second kappa shape index (κ2) is 9.69. The number of carbonyl (C=O) groups is 2. The molecular formula is C24H35N5O4. The molecule has 4 rings (SSSR count). The first kappa shape index (κ1) is 23.5. The van der Waals surface area contributed by atoms with Gasteiger partial charge in [-0.2, -0.15) is 0 Å². The Balaban J connectivity index is 1.61. The SMILES string of the molecule is CC(C)(C)C(NC(=O)n1c(=O)n(CCN2CCOCC2)c2ccccc21)C(=O)N1CCCC1. The van der Waals surface area contributed by atoms with Crippen molar-refractivity contribution in [1.29, 1.82) is 0 Å². The molecule has 2 amide bonds. The number of morpholine rings is 1. The van der Waals surface area contributed by atoms with Crippen LogP contribution in [0.2, 0.25) is 0 Å². The zero-order valence-electron chi connectivity index (χ0n) is 19.9. The summed E-state index contributed by atoms with van der Waals surface area (Å²) < 4.78 is 8.23. The summed E-state index contributed by atoms with van der Waals surface area (Å²) in [6.45, 7) is 11.5. The van der Waals surface area contributed by atoms with Gasteiger partial charge in [0.15, 0.2) is 0 Å². The lowest BCUT2D eigenvalue weighted by Gasteiger charge is -2.33. The van der Waals surface area contributed by atoms with Gasteiger partial charge in [-0.25, -0.2) is 14.2 Å². The van der Waals surface area contributed by atoms with E-state index < -0.39 is 17.5 Å². The minimum atomic E-state index is -0.717. The van der Waals surface area contributed by atoms with Crippen molar-refractivity contribution in [1.82, 2.24) is 24.3 Å². The Kier molecular flexibility index (Phi) is 6.90. The molecule has 0 saturated carbocycles. The summed E-state index contributed by atoms with van der Waals surface area (Å²) >= 11 is 0. The highest BCUT2D eigenvalue weighted by Gasteiger charge is 2.37. The number of aromatic nitrogens is 2. The number of benzene rings is 1. The van der Waals surface area contributed by atoms with Gasteiger partial charge in [0.2, 0.25) is 5.91 Å². The third-order valence-corrected chi connectivity index (χ3v) is 6.58. The first-order chi connectivity index (χ1) is 15.8. The second-order valence-corrected chi connectivity index (χ2v) is 9.99. The van der Waals surface area contributed by atoms with Crippen LogP contribution in [-0.4, -0.2) is 82.9 Å². The van der Waals surface area contributed by atoms with Gasteiger partial charge in [0.1, 0.15) is 6.04 Å². The number of ether oxygens (including phenoxy) is 1. The maximum Gasteiger partial charge on any atom is 0.337 e. The largest absolute Gasteiger partial charge is 0.379 e. The first-order valence-electron chi connectivity index (χ1n) is 11.9. The molecule has 9 heteroatoms. The quantitative estimate of drug-likeness (QED) is 0.739. The molecule has 2 fully saturated rings. The highest BCUT2D eigenvalue weighted by Crippen LogP contribution is 2.23. The van der Waals surface area contributed by atoms with E-state index >= 15 is 0 Å². The molecule has 2 aliphatic heterocycles. The van der Waals surface area contributed by atoms with Crippen LogP contribution in [-0.2, 0) is 16.1 Å². The number of nitrogens with zero attached hydrogens (tertiary/aromatic N) is 4. The number of likely N-dealkylation sites (tertiary alicyclic amines) is 1. The topological polar surface area (TPSA) is 88.8 Å². The molecule has 2 aromatic rings. The average molecular weight is 458 g/mol. The predicted molar refractivity (Wildman–Crippen MR) is 126 cm³/mol. The number of amides is 2. The van der Waals surface area contributed by atoms with Crippen LogP contribution in [0, 0.1) is 5.41 Å². The second-order valence-electron chi connectivity index (χ2n) is 9.99. The maximum absolute atomic E-state index is 13.4. The summed E-state index contributed by atoms with van der Waals surface area (Å²) in [6, 6.07) is 6.03. The number of fused-ring (bicyclic) bond motifs is 1. The monoisotopic (exact) mass is 457 g/mol. The number of hydrogen-bond donors (Lipinski definition) is 1. The van der Waals surface area contributed by atoms with E-state index in [-0.39, 0.29) is 11.6 Å². The molecule has 1 aromatic heterocycles. The van der Waals surface area contributed by atoms with Crippen molar-refractivity contribution in [2.45, 2.75) is 46.2 Å². The Bertz CT molecular complexity index is 1050. The van der Waals surface area contributed by atoms with E-state index in [4.69, 9.17) is 4.74 Å². The summed E-state index contributed by atoms with van der Waals surface area (Å²) in [6.07, 6.45) is 1.96. The van der Waals surface area contributed by atoms with Crippen molar-refractivity contribution in [3.63, 3.8) is 0 Å². The molecule has 1 atom stereocenters. The molecule has 2 aliphatic rings. The Morgan fingerprint density at radius 2 is 1.64 bits per heavy atom. The molecule has 2 saturated heterocycles. The van der Waals surface area contributed by atoms with Crippen LogP contribution >= 0.6 is 0 Å². The lowest BCUT2D eigenvalue weighted by atomic mass is 9.86. The lowest BCUT2D eigenvalue weighted by Crippen LogP contribution is -2.56. The third kappa shape index (κ3) is 4.99. The zero-order valence-corrected chi connectivity index (χ0v) is 19.9. The number of rotatable bonds is 5. The van der Waals surface area contributed by atoms with E-state index in [1.54, 1.807) is 10.6 Å². The van der Waals surface area contributed by atoms with Gasteiger partial charge in [-0.05, 0) is 30.4 Å². The predicted octanol–water partition coefficient (Wildman–Crippen LogP) is 1.73. The average Bonchev–Trinajstić information content (AvgIpc) is 3.42. The van der Waals surface area contributed by atoms with Crippen LogP contribution in [0.5, 0.6) is 0 Å². The Morgan fingerprint density at radius 3 is 2.27 bits per heavy atom. The number of para-hydroxylation sites is 2. The van der Waals surface area contributed by atoms with Gasteiger partial charge in [-0.3, -0.25) is 14.3 Å². The smallest absolute Gasteiger partial charge is 0.337 e. The van der Waals surface area contributed by atoms with Crippen molar-refractivity contribution >= 4 is 23.0 Å². The van der Waals surface area contributed by atoms with Crippen molar-refractivity contribution in [3.05, 3.63) is 34.7 Å². The number of imidazole rings is 1. The van der Waals surface area contributed by atoms with E-state index in [1.165, 1.54) is 4.57 Å². The first-order valence-corrected chi connectivity index (χ1v) is 11.9. The molecule has 0 spiro atoms. The lowest BCUT2D eigenvalue weighted by molar-refractivity contribution is -0.134. The van der Waals surface area contributed by atoms with Gasteiger partial charge in [0.05, 0.1) is 24.2 Å². The molecular weight excluding hydrogens is 422 g/mol. The van der Waals surface area contributed by atoms with Crippen molar-refractivity contribution in [2.75, 3.05) is 45.9 Å². The Hall–Kier alpha value is -2.65. The van der Waals surface area contributed by atoms with Gasteiger partial charge in [-0.15, -0.1) is 0 Å². The third-order valence-electron chi connectivity index (χ3n) is 6.58. The maximum atomic E-state index is 13.4. The van der Waals surface area contributed by atoms with Crippen LogP contribution in [0.4, 0.5) is 4.79 Å². The molecule has 180 valence electrons. The summed E-state index contributed by atoms with van der Waals surface area (Å²) in [7, 11) is 0. The zero-order chi connectivity index (χ0) is 23.6. The van der Waals surface area contributed by atoms with E-state index in [9.17, 15) is 14.4 Å². The van der Waals surface area contributed by atoms with Crippen LogP contribution in [0.25, 0.3) is 11.0 Å². The van der Waals surface area contributed by atoms with Gasteiger partial charge in [0, 0.05) is 39.3 Å². The van der Waals surface area contributed by atoms with Crippen molar-refractivity contribution in [3.8, 4) is 0 Å². The molecule has 1 unspecified atom stereocenters. The van der Waals surface area contributed by atoms with Crippen molar-refractivity contribution < 1.29 is 14.3 Å². The van der Waals surface area contributed by atoms with Gasteiger partial charge in [0.25, 0.3) is 0 Å². The molecule has 1 N–H and O–H groups in total. The van der Waals surface area contributed by atoms with E-state index in [0.717, 1.165) is 25.9 Å². The van der Waals surface area contributed by atoms with Crippen LogP contribution in [0.3, 0.4) is 0 Å². The molecule has 0 aliphatic carbocycles. The van der Waals surface area contributed by atoms with Crippen LogP contribution in [0.15, 0.2) is 29.1 Å². The van der Waals surface area contributed by atoms with E-state index in [2.05, 4.69) is 10.2 Å². The molecule has 0 radical (unpaired) electrons. The standard InChI is InChI=1S/C24H35N5O4/c1-24(2,3)20(21(30)27-10-6-7-11-27)25-22(31)29-19-9-5-4-8-18(19)28(23(29)32)13-12-26-14-16-33-17-15-26/h4-5,8-9,20H,6-7,10-17H2,1-3H3,(H,25,31). The van der Waals surface area contributed by atoms with E-state index in [1.807, 2.05) is 43.9 Å². The minimum absolute atomic E-state index is 0.0857. The van der Waals surface area contributed by atoms with Crippen LogP contribution in [0.1, 0.15) is 33.6 Å². The van der Waals surface area contributed by atoms with Crippen molar-refractivity contribution in [2.24, 2.45) is 5.41 Å². The molecule has 9 nitrogen and oxygen atoms in total. The fourth-order valence-corrected chi connectivity index (χ4v) is 4.64. The fraction of sp³-hybridized carbons (Fsp3) is 0.625. The Labute approximate surface area is 194 Å². The highest BCUT2D eigenvalue weighted by atomic mass is 16.5. The summed E-state index contributed by atoms with van der Waals surface area (Å²) in [4.78, 5) is 44.1. The molecule has 0 bridgehead atoms. The summed E-state index contributed by atoms with van der Waals surface area (Å²) in [5.74, 6) is -0.0857. The molecule has 33 heavy (non-hydrogen) atoms.